The van der Waals surface area contributed by atoms with Crippen LogP contribution in [0.15, 0.2) is 30.3 Å². The summed E-state index contributed by atoms with van der Waals surface area (Å²) in [4.78, 5) is 25.5. The van der Waals surface area contributed by atoms with Crippen LogP contribution in [0.1, 0.15) is 25.3 Å². The van der Waals surface area contributed by atoms with Crippen molar-refractivity contribution in [2.24, 2.45) is 5.92 Å². The van der Waals surface area contributed by atoms with Crippen molar-refractivity contribution >= 4 is 18.0 Å². The van der Waals surface area contributed by atoms with Crippen molar-refractivity contribution < 1.29 is 18.7 Å². The molecule has 22 heavy (non-hydrogen) atoms. The smallest absolute Gasteiger partial charge is 0.310 e. The molecule has 1 fully saturated rings. The molecule has 1 aliphatic rings. The average Bonchev–Trinajstić information content (AvgIpc) is 2.54. The summed E-state index contributed by atoms with van der Waals surface area (Å²) in [5, 5.41) is 0. The van der Waals surface area contributed by atoms with E-state index in [1.807, 2.05) is 0 Å². The largest absolute Gasteiger partial charge is 0.466 e. The maximum Gasteiger partial charge on any atom is 0.310 e. The van der Waals surface area contributed by atoms with Gasteiger partial charge in [0.2, 0.25) is 5.91 Å². The number of ether oxygens (including phenoxy) is 1. The molecule has 2 rings (SSSR count). The summed E-state index contributed by atoms with van der Waals surface area (Å²) in [6, 6.07) is 6.27. The third-order valence-electron chi connectivity index (χ3n) is 3.66. The van der Waals surface area contributed by atoms with Gasteiger partial charge in [-0.2, -0.15) is 0 Å². The van der Waals surface area contributed by atoms with Gasteiger partial charge in [-0.15, -0.1) is 0 Å². The Hall–Kier alpha value is -2.17. The number of esters is 1. The topological polar surface area (TPSA) is 46.6 Å². The molecule has 1 aromatic carbocycles. The van der Waals surface area contributed by atoms with Gasteiger partial charge in [-0.3, -0.25) is 9.59 Å². The lowest BCUT2D eigenvalue weighted by molar-refractivity contribution is -0.150. The minimum absolute atomic E-state index is 0.211. The van der Waals surface area contributed by atoms with Gasteiger partial charge in [0, 0.05) is 24.7 Å². The van der Waals surface area contributed by atoms with E-state index >= 15 is 0 Å². The molecule has 5 heteroatoms. The normalized spacial score (nSPS) is 18.5. The number of amides is 1. The summed E-state index contributed by atoms with van der Waals surface area (Å²) in [6.45, 7) is 3.08. The second-order valence-electron chi connectivity index (χ2n) is 5.23. The number of carbonyl (C=O) groups is 2. The van der Waals surface area contributed by atoms with E-state index < -0.39 is 0 Å². The van der Waals surface area contributed by atoms with Gasteiger partial charge in [0.25, 0.3) is 0 Å². The fraction of sp³-hybridized carbons (Fsp3) is 0.412. The molecule has 1 amide bonds. The van der Waals surface area contributed by atoms with Gasteiger partial charge < -0.3 is 9.64 Å². The second kappa shape index (κ2) is 7.73. The molecule has 0 aromatic heterocycles. The van der Waals surface area contributed by atoms with Crippen molar-refractivity contribution in [3.8, 4) is 0 Å². The van der Waals surface area contributed by atoms with Crippen molar-refractivity contribution in [1.82, 2.24) is 4.90 Å². The quantitative estimate of drug-likeness (QED) is 0.634. The van der Waals surface area contributed by atoms with Crippen LogP contribution in [0.4, 0.5) is 4.39 Å². The number of benzene rings is 1. The molecule has 0 aliphatic carbocycles. The Labute approximate surface area is 129 Å². The fourth-order valence-electron chi connectivity index (χ4n) is 2.51. The molecule has 118 valence electrons. The molecule has 4 nitrogen and oxygen atoms in total. The number of halogens is 1. The Balaban J connectivity index is 1.97. The summed E-state index contributed by atoms with van der Waals surface area (Å²) in [6.07, 6.45) is 4.32. The van der Waals surface area contributed by atoms with Crippen LogP contribution < -0.4 is 0 Å². The van der Waals surface area contributed by atoms with Gasteiger partial charge in [0.05, 0.1) is 12.5 Å². The van der Waals surface area contributed by atoms with Crippen LogP contribution in [0.2, 0.25) is 0 Å². The van der Waals surface area contributed by atoms with Crippen LogP contribution in [-0.4, -0.2) is 36.5 Å². The molecule has 0 saturated carbocycles. The SMILES string of the molecule is CCOC(=O)C1CCCN(C(=O)C=Cc2ccccc2F)C1. The minimum Gasteiger partial charge on any atom is -0.466 e. The van der Waals surface area contributed by atoms with E-state index in [9.17, 15) is 14.0 Å². The number of rotatable bonds is 4. The first-order valence-corrected chi connectivity index (χ1v) is 7.50. The summed E-state index contributed by atoms with van der Waals surface area (Å²) in [5.74, 6) is -1.09. The molecule has 1 heterocycles. The Morgan fingerprint density at radius 3 is 2.91 bits per heavy atom. The molecule has 0 bridgehead atoms. The minimum atomic E-state index is -0.366. The van der Waals surface area contributed by atoms with E-state index in [-0.39, 0.29) is 23.6 Å². The number of hydrogen-bond acceptors (Lipinski definition) is 3. The zero-order chi connectivity index (χ0) is 15.9. The van der Waals surface area contributed by atoms with E-state index in [1.165, 1.54) is 18.2 Å². The van der Waals surface area contributed by atoms with E-state index in [0.717, 1.165) is 12.8 Å². The average molecular weight is 305 g/mol. The Morgan fingerprint density at radius 2 is 2.18 bits per heavy atom. The predicted molar refractivity (Wildman–Crippen MR) is 81.4 cm³/mol. The molecule has 1 saturated heterocycles. The molecule has 0 radical (unpaired) electrons. The van der Waals surface area contributed by atoms with Gasteiger partial charge in [-0.25, -0.2) is 4.39 Å². The molecule has 1 aromatic rings. The first-order chi connectivity index (χ1) is 10.6. The van der Waals surface area contributed by atoms with Crippen molar-refractivity contribution in [2.75, 3.05) is 19.7 Å². The van der Waals surface area contributed by atoms with Crippen LogP contribution in [-0.2, 0) is 14.3 Å². The summed E-state index contributed by atoms with van der Waals surface area (Å²) >= 11 is 0. The van der Waals surface area contributed by atoms with Crippen molar-refractivity contribution in [3.63, 3.8) is 0 Å². The number of hydrogen-bond donors (Lipinski definition) is 0. The van der Waals surface area contributed by atoms with E-state index in [1.54, 1.807) is 30.0 Å². The lowest BCUT2D eigenvalue weighted by Crippen LogP contribution is -2.42. The van der Waals surface area contributed by atoms with Crippen LogP contribution in [0.5, 0.6) is 0 Å². The number of likely N-dealkylation sites (tertiary alicyclic amines) is 1. The highest BCUT2D eigenvalue weighted by molar-refractivity contribution is 5.92. The predicted octanol–water partition coefficient (Wildman–Crippen LogP) is 2.64. The maximum absolute atomic E-state index is 13.5. The lowest BCUT2D eigenvalue weighted by Gasteiger charge is -2.30. The standard InChI is InChI=1S/C17H20FNO3/c1-2-22-17(21)14-7-5-11-19(12-14)16(20)10-9-13-6-3-4-8-15(13)18/h3-4,6,8-10,14H,2,5,7,11-12H2,1H3. The third-order valence-corrected chi connectivity index (χ3v) is 3.66. The fourth-order valence-corrected chi connectivity index (χ4v) is 2.51. The van der Waals surface area contributed by atoms with E-state index in [0.29, 0.717) is 25.3 Å². The number of carbonyl (C=O) groups excluding carboxylic acids is 2. The Kier molecular flexibility index (Phi) is 5.69. The first kappa shape index (κ1) is 16.2. The maximum atomic E-state index is 13.5. The Morgan fingerprint density at radius 1 is 1.41 bits per heavy atom. The van der Waals surface area contributed by atoms with E-state index in [4.69, 9.17) is 4.74 Å². The van der Waals surface area contributed by atoms with Gasteiger partial charge in [-0.05, 0) is 31.9 Å². The molecular weight excluding hydrogens is 285 g/mol. The number of nitrogens with zero attached hydrogens (tertiary/aromatic N) is 1. The summed E-state index contributed by atoms with van der Waals surface area (Å²) in [5.41, 5.74) is 0.370. The zero-order valence-corrected chi connectivity index (χ0v) is 12.6. The molecule has 1 atom stereocenters. The van der Waals surface area contributed by atoms with Crippen molar-refractivity contribution in [2.45, 2.75) is 19.8 Å². The molecular formula is C17H20FNO3. The monoisotopic (exact) mass is 305 g/mol. The molecule has 1 aliphatic heterocycles. The van der Waals surface area contributed by atoms with Gasteiger partial charge >= 0.3 is 5.97 Å². The first-order valence-electron chi connectivity index (χ1n) is 7.50. The van der Waals surface area contributed by atoms with Gasteiger partial charge in [-0.1, -0.05) is 18.2 Å². The summed E-state index contributed by atoms with van der Waals surface area (Å²) < 4.78 is 18.5. The second-order valence-corrected chi connectivity index (χ2v) is 5.23. The van der Waals surface area contributed by atoms with Gasteiger partial charge in [0.1, 0.15) is 5.82 Å². The molecule has 1 unspecified atom stereocenters. The van der Waals surface area contributed by atoms with Crippen molar-refractivity contribution in [3.05, 3.63) is 41.7 Å². The van der Waals surface area contributed by atoms with Crippen LogP contribution in [0.3, 0.4) is 0 Å². The van der Waals surface area contributed by atoms with Crippen LogP contribution in [0, 0.1) is 11.7 Å². The Bertz CT molecular complexity index is 571. The molecule has 0 N–H and O–H groups in total. The zero-order valence-electron chi connectivity index (χ0n) is 12.6. The third kappa shape index (κ3) is 4.16. The highest BCUT2D eigenvalue weighted by Crippen LogP contribution is 2.18. The lowest BCUT2D eigenvalue weighted by atomic mass is 9.98. The number of piperidine rings is 1. The van der Waals surface area contributed by atoms with Crippen LogP contribution in [0.25, 0.3) is 6.08 Å². The van der Waals surface area contributed by atoms with E-state index in [2.05, 4.69) is 0 Å². The van der Waals surface area contributed by atoms with Crippen molar-refractivity contribution in [1.29, 1.82) is 0 Å². The summed E-state index contributed by atoms with van der Waals surface area (Å²) in [7, 11) is 0. The molecule has 0 spiro atoms. The van der Waals surface area contributed by atoms with Gasteiger partial charge in [0.15, 0.2) is 0 Å². The highest BCUT2D eigenvalue weighted by atomic mass is 19.1. The van der Waals surface area contributed by atoms with Crippen LogP contribution >= 0.6 is 0 Å². The highest BCUT2D eigenvalue weighted by Gasteiger charge is 2.28.